The zero-order valence-corrected chi connectivity index (χ0v) is 12.4. The number of carboxylic acid groups (broad SMARTS) is 2. The standard InChI is InChI=1S/C15H18N2O6/c18-13(2-1-3-14(19)20)16-11-6-4-10(5-7-11)12(17-23)8-9-15(21)22/h4-7,23H,1-3,8-9H2,(H,16,18)(H,19,20)(H,21,22)/b17-12+. The van der Waals surface area contributed by atoms with Crippen LogP contribution < -0.4 is 5.32 Å². The van der Waals surface area contributed by atoms with E-state index in [1.807, 2.05) is 0 Å². The number of aliphatic carboxylic acids is 2. The maximum absolute atomic E-state index is 11.6. The number of oxime groups is 1. The average molecular weight is 322 g/mol. The van der Waals surface area contributed by atoms with Gasteiger partial charge in [0.05, 0.1) is 12.1 Å². The molecule has 1 aromatic rings. The smallest absolute Gasteiger partial charge is 0.303 e. The van der Waals surface area contributed by atoms with Crippen molar-refractivity contribution in [3.8, 4) is 0 Å². The molecular weight excluding hydrogens is 304 g/mol. The molecule has 0 heterocycles. The first-order valence-electron chi connectivity index (χ1n) is 6.97. The molecule has 0 fully saturated rings. The van der Waals surface area contributed by atoms with Crippen LogP contribution in [0.4, 0.5) is 5.69 Å². The lowest BCUT2D eigenvalue weighted by atomic mass is 10.1. The van der Waals surface area contributed by atoms with Gasteiger partial charge in [0.15, 0.2) is 0 Å². The first-order chi connectivity index (χ1) is 10.9. The lowest BCUT2D eigenvalue weighted by Crippen LogP contribution is -2.12. The SMILES string of the molecule is O=C(O)CCCC(=O)Nc1ccc(/C(CCC(=O)O)=N/O)cc1. The van der Waals surface area contributed by atoms with Gasteiger partial charge in [-0.25, -0.2) is 0 Å². The molecule has 1 aromatic carbocycles. The van der Waals surface area contributed by atoms with Crippen LogP contribution in [0.15, 0.2) is 29.4 Å². The van der Waals surface area contributed by atoms with Crippen LogP contribution in [-0.4, -0.2) is 39.0 Å². The van der Waals surface area contributed by atoms with E-state index in [2.05, 4.69) is 10.5 Å². The molecule has 0 saturated carbocycles. The maximum Gasteiger partial charge on any atom is 0.303 e. The van der Waals surface area contributed by atoms with Gasteiger partial charge < -0.3 is 20.7 Å². The van der Waals surface area contributed by atoms with Crippen molar-refractivity contribution in [3.05, 3.63) is 29.8 Å². The van der Waals surface area contributed by atoms with Gasteiger partial charge in [0.1, 0.15) is 0 Å². The van der Waals surface area contributed by atoms with E-state index in [0.29, 0.717) is 11.3 Å². The number of carbonyl (C=O) groups excluding carboxylic acids is 1. The van der Waals surface area contributed by atoms with E-state index in [-0.39, 0.29) is 43.7 Å². The van der Waals surface area contributed by atoms with Crippen LogP contribution in [0.5, 0.6) is 0 Å². The predicted molar refractivity (Wildman–Crippen MR) is 81.8 cm³/mol. The zero-order chi connectivity index (χ0) is 17.2. The second kappa shape index (κ2) is 9.19. The topological polar surface area (TPSA) is 136 Å². The molecule has 1 amide bonds. The van der Waals surface area contributed by atoms with Crippen molar-refractivity contribution in [1.82, 2.24) is 0 Å². The molecule has 0 aliphatic carbocycles. The Hall–Kier alpha value is -2.90. The highest BCUT2D eigenvalue weighted by Crippen LogP contribution is 2.13. The monoisotopic (exact) mass is 322 g/mol. The molecule has 0 aliphatic rings. The molecule has 0 saturated heterocycles. The molecule has 0 unspecified atom stereocenters. The fraction of sp³-hybridized carbons (Fsp3) is 0.333. The Balaban J connectivity index is 2.56. The second-order valence-electron chi connectivity index (χ2n) is 4.81. The summed E-state index contributed by atoms with van der Waals surface area (Å²) in [5.74, 6) is -2.23. The van der Waals surface area contributed by atoms with Gasteiger partial charge in [-0.2, -0.15) is 0 Å². The number of amides is 1. The molecule has 1 rings (SSSR count). The van der Waals surface area contributed by atoms with Crippen LogP contribution in [-0.2, 0) is 14.4 Å². The summed E-state index contributed by atoms with van der Waals surface area (Å²) in [5.41, 5.74) is 1.31. The van der Waals surface area contributed by atoms with E-state index < -0.39 is 11.9 Å². The first-order valence-corrected chi connectivity index (χ1v) is 6.97. The fourth-order valence-electron chi connectivity index (χ4n) is 1.85. The Bertz CT molecular complexity index is 594. The van der Waals surface area contributed by atoms with Crippen molar-refractivity contribution in [3.63, 3.8) is 0 Å². The number of hydrogen-bond acceptors (Lipinski definition) is 5. The van der Waals surface area contributed by atoms with Crippen molar-refractivity contribution < 1.29 is 29.8 Å². The summed E-state index contributed by atoms with van der Waals surface area (Å²) in [6, 6.07) is 6.39. The lowest BCUT2D eigenvalue weighted by molar-refractivity contribution is -0.138. The minimum absolute atomic E-state index is 0.0632. The summed E-state index contributed by atoms with van der Waals surface area (Å²) < 4.78 is 0. The molecule has 8 heteroatoms. The van der Waals surface area contributed by atoms with Crippen LogP contribution in [0, 0.1) is 0 Å². The molecule has 0 spiro atoms. The number of carbonyl (C=O) groups is 3. The first kappa shape index (κ1) is 18.1. The van der Waals surface area contributed by atoms with E-state index >= 15 is 0 Å². The summed E-state index contributed by atoms with van der Waals surface area (Å²) in [5, 5.41) is 31.8. The van der Waals surface area contributed by atoms with Gasteiger partial charge >= 0.3 is 11.9 Å². The van der Waals surface area contributed by atoms with Gasteiger partial charge in [-0.3, -0.25) is 14.4 Å². The van der Waals surface area contributed by atoms with Gasteiger partial charge in [0, 0.05) is 24.9 Å². The van der Waals surface area contributed by atoms with Crippen molar-refractivity contribution in [2.24, 2.45) is 5.16 Å². The van der Waals surface area contributed by atoms with Gasteiger partial charge in [0.25, 0.3) is 0 Å². The summed E-state index contributed by atoms with van der Waals surface area (Å²) in [7, 11) is 0. The van der Waals surface area contributed by atoms with Gasteiger partial charge in [-0.05, 0) is 24.1 Å². The molecule has 0 atom stereocenters. The van der Waals surface area contributed by atoms with Gasteiger partial charge in [-0.15, -0.1) is 0 Å². The highest BCUT2D eigenvalue weighted by molar-refractivity contribution is 6.01. The Morgan fingerprint density at radius 2 is 1.52 bits per heavy atom. The number of rotatable bonds is 9. The Morgan fingerprint density at radius 3 is 2.04 bits per heavy atom. The molecule has 0 radical (unpaired) electrons. The molecule has 8 nitrogen and oxygen atoms in total. The van der Waals surface area contributed by atoms with Crippen molar-refractivity contribution in [2.75, 3.05) is 5.32 Å². The third-order valence-electron chi connectivity index (χ3n) is 2.99. The quantitative estimate of drug-likeness (QED) is 0.311. The third-order valence-corrected chi connectivity index (χ3v) is 2.99. The van der Waals surface area contributed by atoms with E-state index in [4.69, 9.17) is 15.4 Å². The average Bonchev–Trinajstić information content (AvgIpc) is 2.48. The summed E-state index contributed by atoms with van der Waals surface area (Å²) in [6.07, 6.45) is 0.242. The van der Waals surface area contributed by atoms with Crippen LogP contribution in [0.25, 0.3) is 0 Å². The van der Waals surface area contributed by atoms with Crippen LogP contribution in [0.1, 0.15) is 37.7 Å². The minimum Gasteiger partial charge on any atom is -0.481 e. The number of nitrogens with one attached hydrogen (secondary N) is 1. The van der Waals surface area contributed by atoms with E-state index in [1.165, 1.54) is 0 Å². The number of nitrogens with zero attached hydrogens (tertiary/aromatic N) is 1. The van der Waals surface area contributed by atoms with E-state index in [9.17, 15) is 14.4 Å². The van der Waals surface area contributed by atoms with Gasteiger partial charge in [0.2, 0.25) is 5.91 Å². The van der Waals surface area contributed by atoms with Crippen molar-refractivity contribution in [2.45, 2.75) is 32.1 Å². The number of carboxylic acids is 2. The van der Waals surface area contributed by atoms with E-state index in [1.54, 1.807) is 24.3 Å². The van der Waals surface area contributed by atoms with Crippen LogP contribution in [0.3, 0.4) is 0 Å². The van der Waals surface area contributed by atoms with E-state index in [0.717, 1.165) is 0 Å². The highest BCUT2D eigenvalue weighted by atomic mass is 16.4. The second-order valence-corrected chi connectivity index (χ2v) is 4.81. The molecule has 4 N–H and O–H groups in total. The lowest BCUT2D eigenvalue weighted by Gasteiger charge is -2.07. The highest BCUT2D eigenvalue weighted by Gasteiger charge is 2.09. The molecule has 124 valence electrons. The number of hydrogen-bond donors (Lipinski definition) is 4. The Labute approximate surface area is 132 Å². The minimum atomic E-state index is -0.989. The number of benzene rings is 1. The predicted octanol–water partition coefficient (Wildman–Crippen LogP) is 1.92. The van der Waals surface area contributed by atoms with Crippen molar-refractivity contribution in [1.29, 1.82) is 0 Å². The molecule has 0 bridgehead atoms. The normalized spacial score (nSPS) is 11.0. The molecule has 0 aliphatic heterocycles. The zero-order valence-electron chi connectivity index (χ0n) is 12.4. The summed E-state index contributed by atoms with van der Waals surface area (Å²) >= 11 is 0. The van der Waals surface area contributed by atoms with Crippen LogP contribution in [0.2, 0.25) is 0 Å². The Morgan fingerprint density at radius 1 is 0.913 bits per heavy atom. The fourth-order valence-corrected chi connectivity index (χ4v) is 1.85. The summed E-state index contributed by atoms with van der Waals surface area (Å²) in [4.78, 5) is 32.5. The molecular formula is C15H18N2O6. The molecule has 0 aromatic heterocycles. The third kappa shape index (κ3) is 7.07. The largest absolute Gasteiger partial charge is 0.481 e. The van der Waals surface area contributed by atoms with Gasteiger partial charge in [-0.1, -0.05) is 17.3 Å². The Kier molecular flexibility index (Phi) is 7.25. The van der Waals surface area contributed by atoms with Crippen molar-refractivity contribution >= 4 is 29.2 Å². The van der Waals surface area contributed by atoms with Crippen LogP contribution >= 0.6 is 0 Å². The number of anilines is 1. The molecule has 23 heavy (non-hydrogen) atoms. The summed E-state index contributed by atoms with van der Waals surface area (Å²) in [6.45, 7) is 0. The maximum atomic E-state index is 11.6.